The Balaban J connectivity index is 1.84. The van der Waals surface area contributed by atoms with Crippen LogP contribution in [0.3, 0.4) is 0 Å². The van der Waals surface area contributed by atoms with Crippen molar-refractivity contribution >= 4 is 15.7 Å². The summed E-state index contributed by atoms with van der Waals surface area (Å²) in [5.74, 6) is 0.0361. The van der Waals surface area contributed by atoms with E-state index in [9.17, 15) is 13.2 Å². The average molecular weight is 426 g/mol. The number of amides is 1. The second-order valence-electron chi connectivity index (χ2n) is 7.65. The maximum Gasteiger partial charge on any atom is 0.269 e. The quantitative estimate of drug-likeness (QED) is 0.671. The average Bonchev–Trinajstić information content (AvgIpc) is 3.35. The molecule has 0 radical (unpaired) electrons. The van der Waals surface area contributed by atoms with Crippen molar-refractivity contribution in [1.29, 1.82) is 0 Å². The number of rotatable bonds is 5. The summed E-state index contributed by atoms with van der Waals surface area (Å²) >= 11 is 0. The lowest BCUT2D eigenvalue weighted by Crippen LogP contribution is -2.14. The van der Waals surface area contributed by atoms with Gasteiger partial charge in [0.15, 0.2) is 15.7 Å². The van der Waals surface area contributed by atoms with Gasteiger partial charge in [0.05, 0.1) is 4.90 Å². The van der Waals surface area contributed by atoms with Crippen LogP contribution in [-0.2, 0) is 9.84 Å². The second-order valence-corrected chi connectivity index (χ2v) is 9.67. The van der Waals surface area contributed by atoms with Crippen LogP contribution in [-0.4, -0.2) is 40.1 Å². The number of aromatic nitrogens is 4. The Hall–Kier alpha value is -3.07. The molecule has 4 rings (SSSR count). The van der Waals surface area contributed by atoms with Crippen LogP contribution >= 0.6 is 0 Å². The van der Waals surface area contributed by atoms with Gasteiger partial charge in [0, 0.05) is 42.1 Å². The standard InChI is InChI=1S/C21H23N5O3S/c1-13-19(20(22)27)25-21(26(13)16-5-3-4-6-16)18-10-14(7-8-24-18)15-9-17(12-23-11-15)30(2,28)29/h7-12,16H,3-6H2,1-2H3,(H2,22,27). The van der Waals surface area contributed by atoms with Crippen LogP contribution in [0.5, 0.6) is 0 Å². The maximum atomic E-state index is 11.9. The first-order valence-electron chi connectivity index (χ1n) is 9.76. The minimum absolute atomic E-state index is 0.151. The van der Waals surface area contributed by atoms with Gasteiger partial charge >= 0.3 is 0 Å². The molecule has 3 aromatic rings. The van der Waals surface area contributed by atoms with Gasteiger partial charge in [-0.05, 0) is 43.5 Å². The second kappa shape index (κ2) is 7.64. The summed E-state index contributed by atoms with van der Waals surface area (Å²) in [6.45, 7) is 1.86. The van der Waals surface area contributed by atoms with Crippen LogP contribution in [0.4, 0.5) is 0 Å². The molecule has 0 saturated heterocycles. The van der Waals surface area contributed by atoms with Crippen LogP contribution < -0.4 is 5.73 Å². The van der Waals surface area contributed by atoms with Crippen LogP contribution in [0.1, 0.15) is 47.9 Å². The molecule has 0 spiro atoms. The summed E-state index contributed by atoms with van der Waals surface area (Å²) in [7, 11) is -3.37. The van der Waals surface area contributed by atoms with Crippen LogP contribution in [0.2, 0.25) is 0 Å². The summed E-state index contributed by atoms with van der Waals surface area (Å²) < 4.78 is 25.9. The zero-order valence-electron chi connectivity index (χ0n) is 16.9. The van der Waals surface area contributed by atoms with Crippen molar-refractivity contribution in [2.45, 2.75) is 43.5 Å². The smallest absolute Gasteiger partial charge is 0.269 e. The fraction of sp³-hybridized carbons (Fsp3) is 0.333. The molecule has 1 saturated carbocycles. The van der Waals surface area contributed by atoms with Crippen molar-refractivity contribution in [3.05, 3.63) is 48.2 Å². The SMILES string of the molecule is Cc1c(C(N)=O)nc(-c2cc(-c3cncc(S(C)(=O)=O)c3)ccn2)n1C1CCCC1. The van der Waals surface area contributed by atoms with E-state index in [2.05, 4.69) is 19.5 Å². The molecule has 8 nitrogen and oxygen atoms in total. The zero-order valence-corrected chi connectivity index (χ0v) is 17.7. The maximum absolute atomic E-state index is 11.9. The topological polar surface area (TPSA) is 121 Å². The van der Waals surface area contributed by atoms with Gasteiger partial charge in [0.25, 0.3) is 5.91 Å². The predicted molar refractivity (Wildman–Crippen MR) is 113 cm³/mol. The molecule has 156 valence electrons. The number of nitrogens with two attached hydrogens (primary N) is 1. The van der Waals surface area contributed by atoms with E-state index in [0.717, 1.165) is 43.2 Å². The van der Waals surface area contributed by atoms with E-state index in [1.54, 1.807) is 24.5 Å². The first-order chi connectivity index (χ1) is 14.3. The van der Waals surface area contributed by atoms with E-state index in [-0.39, 0.29) is 16.6 Å². The van der Waals surface area contributed by atoms with Crippen LogP contribution in [0, 0.1) is 6.92 Å². The minimum Gasteiger partial charge on any atom is -0.364 e. The Morgan fingerprint density at radius 1 is 1.17 bits per heavy atom. The molecule has 1 aliphatic rings. The molecule has 0 unspecified atom stereocenters. The summed E-state index contributed by atoms with van der Waals surface area (Å²) in [5, 5.41) is 0. The third kappa shape index (κ3) is 3.72. The van der Waals surface area contributed by atoms with Crippen molar-refractivity contribution in [3.8, 4) is 22.6 Å². The number of sulfone groups is 1. The Kier molecular flexibility index (Phi) is 5.15. The minimum atomic E-state index is -3.37. The van der Waals surface area contributed by atoms with Crippen molar-refractivity contribution in [1.82, 2.24) is 19.5 Å². The predicted octanol–water partition coefficient (Wildman–Crippen LogP) is 2.93. The highest BCUT2D eigenvalue weighted by Crippen LogP contribution is 2.36. The van der Waals surface area contributed by atoms with Gasteiger partial charge in [0.1, 0.15) is 11.4 Å². The van der Waals surface area contributed by atoms with Gasteiger partial charge in [-0.3, -0.25) is 14.8 Å². The highest BCUT2D eigenvalue weighted by atomic mass is 32.2. The lowest BCUT2D eigenvalue weighted by Gasteiger charge is -2.17. The fourth-order valence-corrected chi connectivity index (χ4v) is 4.64. The van der Waals surface area contributed by atoms with Gasteiger partial charge < -0.3 is 10.3 Å². The van der Waals surface area contributed by atoms with Gasteiger partial charge in [-0.2, -0.15) is 0 Å². The molecule has 30 heavy (non-hydrogen) atoms. The lowest BCUT2D eigenvalue weighted by molar-refractivity contribution is 0.0995. The number of primary amides is 1. The van der Waals surface area contributed by atoms with Crippen molar-refractivity contribution in [3.63, 3.8) is 0 Å². The molecule has 9 heteroatoms. The highest BCUT2D eigenvalue weighted by Gasteiger charge is 2.27. The summed E-state index contributed by atoms with van der Waals surface area (Å²) in [6, 6.07) is 5.46. The fourth-order valence-electron chi connectivity index (χ4n) is 4.05. The van der Waals surface area contributed by atoms with Crippen LogP contribution in [0.25, 0.3) is 22.6 Å². The number of nitrogens with zero attached hydrogens (tertiary/aromatic N) is 4. The number of hydrogen-bond donors (Lipinski definition) is 1. The Morgan fingerprint density at radius 2 is 1.90 bits per heavy atom. The van der Waals surface area contributed by atoms with E-state index in [1.165, 1.54) is 6.20 Å². The molecule has 1 amide bonds. The first-order valence-corrected chi connectivity index (χ1v) is 11.7. The molecule has 2 N–H and O–H groups in total. The van der Waals surface area contributed by atoms with Gasteiger partial charge in [0.2, 0.25) is 0 Å². The number of pyridine rings is 2. The number of imidazole rings is 1. The molecular formula is C21H23N5O3S. The Bertz CT molecular complexity index is 1230. The number of hydrogen-bond acceptors (Lipinski definition) is 6. The van der Waals surface area contributed by atoms with Crippen LogP contribution in [0.15, 0.2) is 41.7 Å². The van der Waals surface area contributed by atoms with E-state index in [4.69, 9.17) is 5.73 Å². The number of carbonyl (C=O) groups excluding carboxylic acids is 1. The molecule has 1 fully saturated rings. The highest BCUT2D eigenvalue weighted by molar-refractivity contribution is 7.90. The number of carbonyl (C=O) groups is 1. The van der Waals surface area contributed by atoms with Gasteiger partial charge in [-0.15, -0.1) is 0 Å². The van der Waals surface area contributed by atoms with E-state index >= 15 is 0 Å². The van der Waals surface area contributed by atoms with Crippen molar-refractivity contribution in [2.24, 2.45) is 5.73 Å². The van der Waals surface area contributed by atoms with E-state index < -0.39 is 15.7 Å². The first kappa shape index (κ1) is 20.2. The monoisotopic (exact) mass is 425 g/mol. The molecular weight excluding hydrogens is 402 g/mol. The molecule has 3 aromatic heterocycles. The zero-order chi connectivity index (χ0) is 21.5. The Labute approximate surface area is 175 Å². The molecule has 1 aliphatic carbocycles. The molecule has 0 aromatic carbocycles. The summed E-state index contributed by atoms with van der Waals surface area (Å²) in [4.78, 5) is 25.1. The molecule has 0 aliphatic heterocycles. The summed E-state index contributed by atoms with van der Waals surface area (Å²) in [6.07, 6.45) is 10.0. The van der Waals surface area contributed by atoms with Gasteiger partial charge in [-0.25, -0.2) is 13.4 Å². The van der Waals surface area contributed by atoms with Crippen molar-refractivity contribution < 1.29 is 13.2 Å². The molecule has 0 atom stereocenters. The normalized spacial score (nSPS) is 14.9. The van der Waals surface area contributed by atoms with Gasteiger partial charge in [-0.1, -0.05) is 12.8 Å². The summed E-state index contributed by atoms with van der Waals surface area (Å²) in [5.41, 5.74) is 8.57. The lowest BCUT2D eigenvalue weighted by atomic mass is 10.1. The van der Waals surface area contributed by atoms with E-state index in [0.29, 0.717) is 17.1 Å². The third-order valence-electron chi connectivity index (χ3n) is 5.54. The largest absolute Gasteiger partial charge is 0.364 e. The van der Waals surface area contributed by atoms with E-state index in [1.807, 2.05) is 13.0 Å². The third-order valence-corrected chi connectivity index (χ3v) is 6.62. The molecule has 0 bridgehead atoms. The molecule has 3 heterocycles. The van der Waals surface area contributed by atoms with Crippen molar-refractivity contribution in [2.75, 3.05) is 6.26 Å². The Morgan fingerprint density at radius 3 is 2.57 bits per heavy atom.